The van der Waals surface area contributed by atoms with Crippen LogP contribution in [-0.4, -0.2) is 80.1 Å². The van der Waals surface area contributed by atoms with Crippen molar-refractivity contribution >= 4 is 11.8 Å². The molecule has 0 radical (unpaired) electrons. The minimum Gasteiger partial charge on any atom is -0.355 e. The summed E-state index contributed by atoms with van der Waals surface area (Å²) in [5.74, 6) is 1.51. The van der Waals surface area contributed by atoms with Crippen LogP contribution in [0.2, 0.25) is 0 Å². The van der Waals surface area contributed by atoms with Gasteiger partial charge in [0, 0.05) is 38.1 Å². The van der Waals surface area contributed by atoms with Gasteiger partial charge in [0.15, 0.2) is 0 Å². The van der Waals surface area contributed by atoms with Crippen molar-refractivity contribution < 1.29 is 9.59 Å². The minimum atomic E-state index is 0.0823. The molecule has 0 saturated carbocycles. The summed E-state index contributed by atoms with van der Waals surface area (Å²) < 4.78 is 1.49. The van der Waals surface area contributed by atoms with E-state index >= 15 is 0 Å². The second-order valence-electron chi connectivity index (χ2n) is 9.33. The summed E-state index contributed by atoms with van der Waals surface area (Å²) in [5, 5.41) is 14.3. The predicted octanol–water partition coefficient (Wildman–Crippen LogP) is 0.537. The number of carbonyl (C=O) groups excluding carboxylic acids is 2. The van der Waals surface area contributed by atoms with E-state index in [4.69, 9.17) is 0 Å². The molecule has 3 fully saturated rings. The molecule has 9 heteroatoms. The molecule has 1 aromatic rings. The first-order valence-corrected chi connectivity index (χ1v) is 11.0. The van der Waals surface area contributed by atoms with E-state index in [0.717, 1.165) is 26.1 Å². The first-order chi connectivity index (χ1) is 14.0. The molecule has 0 aromatic carbocycles. The molecule has 0 aliphatic carbocycles. The fourth-order valence-electron chi connectivity index (χ4n) is 5.54. The number of likely N-dealkylation sites (tertiary alicyclic amines) is 1. The van der Waals surface area contributed by atoms with Crippen LogP contribution in [0.5, 0.6) is 0 Å². The van der Waals surface area contributed by atoms with Crippen LogP contribution in [0.4, 0.5) is 0 Å². The van der Waals surface area contributed by atoms with Crippen LogP contribution in [0.25, 0.3) is 0 Å². The maximum atomic E-state index is 12.9. The van der Waals surface area contributed by atoms with E-state index in [0.29, 0.717) is 42.8 Å². The van der Waals surface area contributed by atoms with Gasteiger partial charge in [-0.1, -0.05) is 20.3 Å². The second kappa shape index (κ2) is 8.77. The number of carbonyl (C=O) groups is 2. The Morgan fingerprint density at radius 3 is 2.79 bits per heavy atom. The maximum absolute atomic E-state index is 12.9. The number of aromatic nitrogens is 4. The Balaban J connectivity index is 1.45. The van der Waals surface area contributed by atoms with Gasteiger partial charge in [0.25, 0.3) is 0 Å². The lowest BCUT2D eigenvalue weighted by atomic mass is 9.72. The molecule has 4 rings (SSSR count). The summed E-state index contributed by atoms with van der Waals surface area (Å²) in [6, 6.07) is 0.840. The summed E-state index contributed by atoms with van der Waals surface area (Å²) in [4.78, 5) is 29.8. The van der Waals surface area contributed by atoms with Crippen LogP contribution in [0.15, 0.2) is 6.33 Å². The first-order valence-electron chi connectivity index (χ1n) is 11.0. The van der Waals surface area contributed by atoms with Gasteiger partial charge in [-0.2, -0.15) is 0 Å². The molecule has 4 heterocycles. The molecule has 1 N–H and O–H groups in total. The van der Waals surface area contributed by atoms with Crippen molar-refractivity contribution in [2.45, 2.75) is 64.6 Å². The van der Waals surface area contributed by atoms with Crippen molar-refractivity contribution in [1.29, 1.82) is 0 Å². The highest BCUT2D eigenvalue weighted by atomic mass is 16.2. The largest absolute Gasteiger partial charge is 0.355 e. The smallest absolute Gasteiger partial charge is 0.244 e. The molecule has 3 aliphatic rings. The molecule has 29 heavy (non-hydrogen) atoms. The van der Waals surface area contributed by atoms with Crippen LogP contribution in [-0.2, 0) is 16.1 Å². The van der Waals surface area contributed by atoms with Gasteiger partial charge in [0.2, 0.25) is 11.8 Å². The van der Waals surface area contributed by atoms with Crippen molar-refractivity contribution in [2.24, 2.45) is 17.8 Å². The van der Waals surface area contributed by atoms with E-state index < -0.39 is 0 Å². The SMILES string of the molecule is CC(C)CC(=O)NC[C@H]1[C@H]2C[C@H](CN(C(=O)Cn3cnnn3)C2)[C@@H]2CCCCN21. The summed E-state index contributed by atoms with van der Waals surface area (Å²) >= 11 is 0. The lowest BCUT2D eigenvalue weighted by molar-refractivity contribution is -0.142. The molecule has 2 amide bonds. The van der Waals surface area contributed by atoms with Crippen molar-refractivity contribution in [2.75, 3.05) is 26.2 Å². The van der Waals surface area contributed by atoms with Crippen LogP contribution >= 0.6 is 0 Å². The molecule has 2 bridgehead atoms. The number of amides is 2. The van der Waals surface area contributed by atoms with Gasteiger partial charge >= 0.3 is 0 Å². The number of nitrogens with one attached hydrogen (secondary N) is 1. The summed E-state index contributed by atoms with van der Waals surface area (Å²) in [6.07, 6.45) is 6.89. The van der Waals surface area contributed by atoms with E-state index in [1.807, 2.05) is 4.90 Å². The fourth-order valence-corrected chi connectivity index (χ4v) is 5.54. The molecule has 0 spiro atoms. The Hall–Kier alpha value is -2.03. The zero-order valence-electron chi connectivity index (χ0n) is 17.5. The van der Waals surface area contributed by atoms with Gasteiger partial charge in [-0.3, -0.25) is 14.5 Å². The fraction of sp³-hybridized carbons (Fsp3) is 0.850. The van der Waals surface area contributed by atoms with Gasteiger partial charge in [0.1, 0.15) is 12.9 Å². The summed E-state index contributed by atoms with van der Waals surface area (Å²) in [5.41, 5.74) is 0. The summed E-state index contributed by atoms with van der Waals surface area (Å²) in [7, 11) is 0. The molecule has 3 saturated heterocycles. The quantitative estimate of drug-likeness (QED) is 0.745. The Morgan fingerprint density at radius 2 is 2.03 bits per heavy atom. The van der Waals surface area contributed by atoms with Crippen LogP contribution < -0.4 is 5.32 Å². The number of hydrogen-bond donors (Lipinski definition) is 1. The number of piperidine rings is 3. The van der Waals surface area contributed by atoms with Crippen LogP contribution in [0.1, 0.15) is 46.0 Å². The van der Waals surface area contributed by atoms with E-state index in [9.17, 15) is 9.59 Å². The monoisotopic (exact) mass is 403 g/mol. The second-order valence-corrected chi connectivity index (χ2v) is 9.33. The van der Waals surface area contributed by atoms with Crippen LogP contribution in [0.3, 0.4) is 0 Å². The zero-order chi connectivity index (χ0) is 20.4. The number of rotatable bonds is 6. The zero-order valence-corrected chi connectivity index (χ0v) is 17.5. The molecule has 1 aromatic heterocycles. The standard InChI is InChI=1S/C20H33N7O2/c1-14(2)7-19(28)21-9-18-16-8-15(17-5-3-4-6-27(17)18)10-25(11-16)20(29)12-26-13-22-23-24-26/h13-18H,3-12H2,1-2H3,(H,21,28)/t15-,16+,17+,18+/m1/s1. The average Bonchev–Trinajstić information content (AvgIpc) is 3.20. The lowest BCUT2D eigenvalue weighted by Gasteiger charge is -2.56. The molecule has 0 unspecified atom stereocenters. The number of tetrazole rings is 1. The van der Waals surface area contributed by atoms with E-state index in [2.05, 4.69) is 39.6 Å². The van der Waals surface area contributed by atoms with Gasteiger partial charge < -0.3 is 10.2 Å². The van der Waals surface area contributed by atoms with E-state index in [1.54, 1.807) is 0 Å². The number of hydrogen-bond acceptors (Lipinski definition) is 6. The van der Waals surface area contributed by atoms with Crippen LogP contribution in [0, 0.1) is 17.8 Å². The topological polar surface area (TPSA) is 96.2 Å². The maximum Gasteiger partial charge on any atom is 0.244 e. The van der Waals surface area contributed by atoms with Gasteiger partial charge in [-0.25, -0.2) is 4.68 Å². The van der Waals surface area contributed by atoms with Crippen molar-refractivity contribution in [3.05, 3.63) is 6.33 Å². The third kappa shape index (κ3) is 4.60. The molecule has 9 nitrogen and oxygen atoms in total. The van der Waals surface area contributed by atoms with Crippen molar-refractivity contribution in [3.63, 3.8) is 0 Å². The van der Waals surface area contributed by atoms with Crippen molar-refractivity contribution in [1.82, 2.24) is 35.3 Å². The normalized spacial score (nSPS) is 29.6. The van der Waals surface area contributed by atoms with Crippen molar-refractivity contribution in [3.8, 4) is 0 Å². The Bertz CT molecular complexity index is 708. The third-order valence-corrected chi connectivity index (χ3v) is 6.77. The lowest BCUT2D eigenvalue weighted by Crippen LogP contribution is -2.66. The Morgan fingerprint density at radius 1 is 1.21 bits per heavy atom. The highest BCUT2D eigenvalue weighted by Crippen LogP contribution is 2.41. The first kappa shape index (κ1) is 20.3. The molecular weight excluding hydrogens is 370 g/mol. The predicted molar refractivity (Wildman–Crippen MR) is 107 cm³/mol. The van der Waals surface area contributed by atoms with Gasteiger partial charge in [-0.05, 0) is 54.0 Å². The van der Waals surface area contributed by atoms with Gasteiger partial charge in [-0.15, -0.1) is 5.10 Å². The molecule has 4 atom stereocenters. The molecule has 3 aliphatic heterocycles. The highest BCUT2D eigenvalue weighted by molar-refractivity contribution is 5.76. The van der Waals surface area contributed by atoms with E-state index in [1.165, 1.54) is 30.3 Å². The highest BCUT2D eigenvalue weighted by Gasteiger charge is 2.47. The number of fused-ring (bicyclic) bond motifs is 4. The van der Waals surface area contributed by atoms with Gasteiger partial charge in [0.05, 0.1) is 0 Å². The minimum absolute atomic E-state index is 0.0823. The average molecular weight is 404 g/mol. The molecule has 160 valence electrons. The summed E-state index contributed by atoms with van der Waals surface area (Å²) in [6.45, 7) is 7.71. The Kier molecular flexibility index (Phi) is 6.12. The Labute approximate surface area is 172 Å². The third-order valence-electron chi connectivity index (χ3n) is 6.77. The molecular formula is C20H33N7O2. The van der Waals surface area contributed by atoms with E-state index in [-0.39, 0.29) is 18.4 Å². The number of nitrogens with zero attached hydrogens (tertiary/aromatic N) is 6.